The van der Waals surface area contributed by atoms with Crippen LogP contribution in [0.2, 0.25) is 0 Å². The molecule has 0 N–H and O–H groups in total. The van der Waals surface area contributed by atoms with Gasteiger partial charge in [-0.3, -0.25) is 0 Å². The fourth-order valence-electron chi connectivity index (χ4n) is 3.23. The van der Waals surface area contributed by atoms with Gasteiger partial charge in [-0.15, -0.1) is 0 Å². The van der Waals surface area contributed by atoms with Gasteiger partial charge >= 0.3 is 0 Å². The Morgan fingerprint density at radius 1 is 0.850 bits per heavy atom. The summed E-state index contributed by atoms with van der Waals surface area (Å²) in [5.74, 6) is 0.653. The molecular weight excluding hydrogens is 240 g/mol. The lowest BCUT2D eigenvalue weighted by atomic mass is 9.90. The highest BCUT2D eigenvalue weighted by Gasteiger charge is 2.08. The first-order valence-corrected chi connectivity index (χ1v) is 8.75. The largest absolute Gasteiger partial charge is 0.0654 e. The van der Waals surface area contributed by atoms with E-state index in [0.29, 0.717) is 5.92 Å². The molecule has 0 fully saturated rings. The van der Waals surface area contributed by atoms with Crippen molar-refractivity contribution in [3.8, 4) is 0 Å². The van der Waals surface area contributed by atoms with Gasteiger partial charge in [0.25, 0.3) is 0 Å². The molecule has 0 aromatic heterocycles. The van der Waals surface area contributed by atoms with Crippen molar-refractivity contribution in [3.05, 3.63) is 34.9 Å². The summed E-state index contributed by atoms with van der Waals surface area (Å²) in [5.41, 5.74) is 4.65. The summed E-state index contributed by atoms with van der Waals surface area (Å²) in [7, 11) is 0. The van der Waals surface area contributed by atoms with Crippen LogP contribution in [-0.4, -0.2) is 0 Å². The molecule has 0 heteroatoms. The Labute approximate surface area is 127 Å². The summed E-state index contributed by atoms with van der Waals surface area (Å²) < 4.78 is 0. The molecule has 1 aromatic rings. The molecule has 0 saturated carbocycles. The van der Waals surface area contributed by atoms with E-state index in [9.17, 15) is 0 Å². The van der Waals surface area contributed by atoms with Crippen molar-refractivity contribution >= 4 is 0 Å². The molecule has 0 saturated heterocycles. The fourth-order valence-corrected chi connectivity index (χ4v) is 3.23. The smallest absolute Gasteiger partial charge is 0.0213 e. The summed E-state index contributed by atoms with van der Waals surface area (Å²) in [4.78, 5) is 0. The standard InChI is InChI=1S/C20H34/c1-5-6-7-8-9-10-11-12-15-19-16-13-14-18(4)20(19)17(2)3/h13-14,16-17H,5-12,15H2,1-4H3. The number of aryl methyl sites for hydroxylation is 2. The highest BCUT2D eigenvalue weighted by molar-refractivity contribution is 5.36. The highest BCUT2D eigenvalue weighted by Crippen LogP contribution is 2.25. The van der Waals surface area contributed by atoms with Crippen molar-refractivity contribution in [1.29, 1.82) is 0 Å². The van der Waals surface area contributed by atoms with Crippen molar-refractivity contribution in [3.63, 3.8) is 0 Å². The summed E-state index contributed by atoms with van der Waals surface area (Å²) in [6.45, 7) is 9.18. The molecule has 0 aliphatic rings. The second kappa shape index (κ2) is 10.0. The molecule has 114 valence electrons. The number of rotatable bonds is 10. The van der Waals surface area contributed by atoms with Gasteiger partial charge < -0.3 is 0 Å². The maximum Gasteiger partial charge on any atom is -0.0213 e. The van der Waals surface area contributed by atoms with Crippen LogP contribution in [0.3, 0.4) is 0 Å². The summed E-state index contributed by atoms with van der Waals surface area (Å²) in [5, 5.41) is 0. The van der Waals surface area contributed by atoms with Gasteiger partial charge in [0.1, 0.15) is 0 Å². The molecule has 1 aromatic carbocycles. The highest BCUT2D eigenvalue weighted by atomic mass is 14.1. The van der Waals surface area contributed by atoms with E-state index in [1.165, 1.54) is 63.4 Å². The Morgan fingerprint density at radius 2 is 1.45 bits per heavy atom. The van der Waals surface area contributed by atoms with Gasteiger partial charge in [0, 0.05) is 0 Å². The summed E-state index contributed by atoms with van der Waals surface area (Å²) in [6, 6.07) is 6.82. The van der Waals surface area contributed by atoms with Gasteiger partial charge in [-0.25, -0.2) is 0 Å². The Bertz CT molecular complexity index is 362. The Balaban J connectivity index is 2.27. The van der Waals surface area contributed by atoms with Crippen LogP contribution in [0, 0.1) is 6.92 Å². The average molecular weight is 274 g/mol. The lowest BCUT2D eigenvalue weighted by Crippen LogP contribution is -1.99. The predicted molar refractivity (Wildman–Crippen MR) is 91.6 cm³/mol. The van der Waals surface area contributed by atoms with E-state index in [1.807, 2.05) is 0 Å². The molecule has 1 rings (SSSR count). The van der Waals surface area contributed by atoms with Gasteiger partial charge in [0.2, 0.25) is 0 Å². The SMILES string of the molecule is CCCCCCCCCCc1cccc(C)c1C(C)C. The van der Waals surface area contributed by atoms with E-state index >= 15 is 0 Å². The Kier molecular flexibility index (Phi) is 8.65. The van der Waals surface area contributed by atoms with Crippen LogP contribution < -0.4 is 0 Å². The normalized spacial score (nSPS) is 11.2. The van der Waals surface area contributed by atoms with Crippen molar-refractivity contribution in [1.82, 2.24) is 0 Å². The first kappa shape index (κ1) is 17.3. The fraction of sp³-hybridized carbons (Fsp3) is 0.700. The first-order valence-electron chi connectivity index (χ1n) is 8.75. The zero-order valence-corrected chi connectivity index (χ0v) is 14.2. The van der Waals surface area contributed by atoms with E-state index in [-0.39, 0.29) is 0 Å². The van der Waals surface area contributed by atoms with Crippen molar-refractivity contribution in [2.24, 2.45) is 0 Å². The molecule has 0 spiro atoms. The molecule has 0 amide bonds. The molecule has 0 heterocycles. The number of hydrogen-bond donors (Lipinski definition) is 0. The minimum absolute atomic E-state index is 0.653. The van der Waals surface area contributed by atoms with Crippen molar-refractivity contribution in [2.45, 2.75) is 91.4 Å². The maximum atomic E-state index is 2.34. The van der Waals surface area contributed by atoms with Crippen LogP contribution >= 0.6 is 0 Å². The number of unbranched alkanes of at least 4 members (excludes halogenated alkanes) is 7. The minimum Gasteiger partial charge on any atom is -0.0654 e. The van der Waals surface area contributed by atoms with Gasteiger partial charge in [-0.2, -0.15) is 0 Å². The predicted octanol–water partition coefficient (Wildman–Crippen LogP) is 6.80. The van der Waals surface area contributed by atoms with Crippen LogP contribution in [-0.2, 0) is 6.42 Å². The number of benzene rings is 1. The lowest BCUT2D eigenvalue weighted by molar-refractivity contribution is 0.574. The third-order valence-electron chi connectivity index (χ3n) is 4.29. The van der Waals surface area contributed by atoms with Crippen LogP contribution in [0.4, 0.5) is 0 Å². The van der Waals surface area contributed by atoms with Gasteiger partial charge in [0.05, 0.1) is 0 Å². The third kappa shape index (κ3) is 6.11. The molecule has 0 aliphatic carbocycles. The van der Waals surface area contributed by atoms with Crippen LogP contribution in [0.1, 0.15) is 94.7 Å². The second-order valence-corrected chi connectivity index (χ2v) is 6.53. The first-order chi connectivity index (χ1) is 9.66. The maximum absolute atomic E-state index is 2.34. The number of hydrogen-bond acceptors (Lipinski definition) is 0. The molecule has 0 unspecified atom stereocenters. The van der Waals surface area contributed by atoms with E-state index in [4.69, 9.17) is 0 Å². The molecule has 20 heavy (non-hydrogen) atoms. The molecule has 0 nitrogen and oxygen atoms in total. The van der Waals surface area contributed by atoms with E-state index in [2.05, 4.69) is 45.9 Å². The van der Waals surface area contributed by atoms with Crippen LogP contribution in [0.25, 0.3) is 0 Å². The monoisotopic (exact) mass is 274 g/mol. The molecule has 0 aliphatic heterocycles. The summed E-state index contributed by atoms with van der Waals surface area (Å²) in [6.07, 6.45) is 12.5. The van der Waals surface area contributed by atoms with Crippen molar-refractivity contribution in [2.75, 3.05) is 0 Å². The van der Waals surface area contributed by atoms with Crippen LogP contribution in [0.5, 0.6) is 0 Å². The second-order valence-electron chi connectivity index (χ2n) is 6.53. The van der Waals surface area contributed by atoms with Gasteiger partial charge in [-0.05, 0) is 42.4 Å². The molecule has 0 atom stereocenters. The average Bonchev–Trinajstić information content (AvgIpc) is 2.41. The molecule has 0 radical (unpaired) electrons. The van der Waals surface area contributed by atoms with E-state index in [0.717, 1.165) is 0 Å². The minimum atomic E-state index is 0.653. The lowest BCUT2D eigenvalue weighted by Gasteiger charge is -2.15. The quantitative estimate of drug-likeness (QED) is 0.411. The Morgan fingerprint density at radius 3 is 2.05 bits per heavy atom. The zero-order valence-electron chi connectivity index (χ0n) is 14.2. The topological polar surface area (TPSA) is 0 Å². The molecular formula is C20H34. The van der Waals surface area contributed by atoms with Gasteiger partial charge in [-0.1, -0.05) is 83.9 Å². The van der Waals surface area contributed by atoms with Gasteiger partial charge in [0.15, 0.2) is 0 Å². The van der Waals surface area contributed by atoms with E-state index < -0.39 is 0 Å². The Hall–Kier alpha value is -0.780. The van der Waals surface area contributed by atoms with E-state index in [1.54, 1.807) is 11.1 Å². The molecule has 0 bridgehead atoms. The zero-order chi connectivity index (χ0) is 14.8. The third-order valence-corrected chi connectivity index (χ3v) is 4.29. The van der Waals surface area contributed by atoms with Crippen LogP contribution in [0.15, 0.2) is 18.2 Å². The summed E-state index contributed by atoms with van der Waals surface area (Å²) >= 11 is 0. The van der Waals surface area contributed by atoms with Crippen molar-refractivity contribution < 1.29 is 0 Å².